The van der Waals surface area contributed by atoms with Gasteiger partial charge in [-0.3, -0.25) is 13.9 Å². The summed E-state index contributed by atoms with van der Waals surface area (Å²) in [5, 5.41) is 3.15. The van der Waals surface area contributed by atoms with Crippen LogP contribution in [0.4, 0.5) is 5.69 Å². The molecule has 0 bridgehead atoms. The van der Waals surface area contributed by atoms with E-state index in [1.165, 1.54) is 29.2 Å². The highest BCUT2D eigenvalue weighted by atomic mass is 79.9. The molecule has 7 nitrogen and oxygen atoms in total. The lowest BCUT2D eigenvalue weighted by molar-refractivity contribution is -0.140. The van der Waals surface area contributed by atoms with Crippen molar-refractivity contribution in [3.63, 3.8) is 0 Å². The molecule has 0 saturated carbocycles. The van der Waals surface area contributed by atoms with Gasteiger partial charge >= 0.3 is 0 Å². The van der Waals surface area contributed by atoms with Crippen LogP contribution >= 0.6 is 39.1 Å². The molecule has 0 saturated heterocycles. The maximum atomic E-state index is 14.5. The average Bonchev–Trinajstić information content (AvgIpc) is 3.04. The lowest BCUT2D eigenvalue weighted by atomic mass is 10.0. The first-order valence-electron chi connectivity index (χ1n) is 14.4. The molecule has 0 fully saturated rings. The Labute approximate surface area is 283 Å². The van der Waals surface area contributed by atoms with Crippen molar-refractivity contribution in [1.29, 1.82) is 0 Å². The number of benzene rings is 4. The second-order valence-corrected chi connectivity index (χ2v) is 14.1. The molecular formula is C34H34BrCl2N3O4S. The van der Waals surface area contributed by atoms with E-state index in [-0.39, 0.29) is 45.5 Å². The second-order valence-electron chi connectivity index (χ2n) is 10.6. The van der Waals surface area contributed by atoms with Crippen LogP contribution in [0.2, 0.25) is 10.0 Å². The maximum Gasteiger partial charge on any atom is 0.264 e. The molecule has 236 valence electrons. The van der Waals surface area contributed by atoms with Gasteiger partial charge in [-0.15, -0.1) is 0 Å². The Morgan fingerprint density at radius 1 is 0.844 bits per heavy atom. The molecule has 0 spiro atoms. The van der Waals surface area contributed by atoms with E-state index >= 15 is 0 Å². The van der Waals surface area contributed by atoms with E-state index in [4.69, 9.17) is 23.2 Å². The molecule has 45 heavy (non-hydrogen) atoms. The Hall–Kier alpha value is -3.37. The molecule has 0 radical (unpaired) electrons. The van der Waals surface area contributed by atoms with E-state index in [0.717, 1.165) is 19.9 Å². The van der Waals surface area contributed by atoms with Crippen molar-refractivity contribution < 1.29 is 18.0 Å². The lowest BCUT2D eigenvalue weighted by Gasteiger charge is -2.34. The number of hydrogen-bond acceptors (Lipinski definition) is 4. The molecule has 2 amide bonds. The van der Waals surface area contributed by atoms with Gasteiger partial charge in [0, 0.05) is 23.5 Å². The minimum atomic E-state index is -4.29. The van der Waals surface area contributed by atoms with E-state index in [1.807, 2.05) is 68.4 Å². The fourth-order valence-electron chi connectivity index (χ4n) is 4.70. The SMILES string of the molecule is CC[C@H](C)NC(=O)[C@@H](Cc1ccccc1)N(Cc1ccc(Br)cc1)C(=O)CN(c1cccc(Cl)c1Cl)S(=O)(=O)c1ccccc1. The Kier molecular flexibility index (Phi) is 12.1. The van der Waals surface area contributed by atoms with Gasteiger partial charge in [0.15, 0.2) is 0 Å². The number of anilines is 1. The van der Waals surface area contributed by atoms with E-state index < -0.39 is 28.5 Å². The predicted molar refractivity (Wildman–Crippen MR) is 184 cm³/mol. The van der Waals surface area contributed by atoms with Crippen molar-refractivity contribution in [2.75, 3.05) is 10.8 Å². The minimum Gasteiger partial charge on any atom is -0.352 e. The van der Waals surface area contributed by atoms with Crippen LogP contribution in [-0.2, 0) is 32.6 Å². The van der Waals surface area contributed by atoms with E-state index in [9.17, 15) is 18.0 Å². The molecule has 2 atom stereocenters. The van der Waals surface area contributed by atoms with Gasteiger partial charge in [0.1, 0.15) is 12.6 Å². The molecule has 11 heteroatoms. The number of carbonyl (C=O) groups is 2. The number of carbonyl (C=O) groups excluding carboxylic acids is 2. The molecule has 0 aliphatic heterocycles. The van der Waals surface area contributed by atoms with E-state index in [2.05, 4.69) is 21.2 Å². The van der Waals surface area contributed by atoms with Crippen molar-refractivity contribution in [1.82, 2.24) is 10.2 Å². The highest BCUT2D eigenvalue weighted by molar-refractivity contribution is 9.10. The van der Waals surface area contributed by atoms with Crippen molar-refractivity contribution in [3.05, 3.63) is 129 Å². The van der Waals surface area contributed by atoms with Crippen molar-refractivity contribution in [2.24, 2.45) is 0 Å². The van der Waals surface area contributed by atoms with Crippen molar-refractivity contribution >= 4 is 66.7 Å². The summed E-state index contributed by atoms with van der Waals surface area (Å²) in [6.45, 7) is 3.28. The fourth-order valence-corrected chi connectivity index (χ4v) is 6.86. The molecule has 0 unspecified atom stereocenters. The normalized spacial score (nSPS) is 12.6. The minimum absolute atomic E-state index is 0.0127. The van der Waals surface area contributed by atoms with Gasteiger partial charge < -0.3 is 10.2 Å². The summed E-state index contributed by atoms with van der Waals surface area (Å²) in [7, 11) is -4.29. The summed E-state index contributed by atoms with van der Waals surface area (Å²) >= 11 is 16.3. The lowest BCUT2D eigenvalue weighted by Crippen LogP contribution is -2.54. The first-order valence-corrected chi connectivity index (χ1v) is 17.4. The van der Waals surface area contributed by atoms with Gasteiger partial charge in [0.25, 0.3) is 10.0 Å². The first kappa shape index (κ1) is 34.5. The van der Waals surface area contributed by atoms with Gasteiger partial charge in [-0.2, -0.15) is 0 Å². The molecule has 0 aliphatic carbocycles. The second kappa shape index (κ2) is 15.8. The molecule has 0 heterocycles. The van der Waals surface area contributed by atoms with Crippen LogP contribution in [0.25, 0.3) is 0 Å². The molecule has 1 N–H and O–H groups in total. The number of rotatable bonds is 13. The zero-order valence-electron chi connectivity index (χ0n) is 24.9. The zero-order valence-corrected chi connectivity index (χ0v) is 28.8. The Morgan fingerprint density at radius 2 is 1.47 bits per heavy atom. The van der Waals surface area contributed by atoms with Crippen LogP contribution in [0.3, 0.4) is 0 Å². The quantitative estimate of drug-likeness (QED) is 0.154. The standard InChI is InChI=1S/C34H34BrCl2N3O4S/c1-3-24(2)38-34(42)31(21-25-11-6-4-7-12-25)39(22-26-17-19-27(35)20-18-26)32(41)23-40(30-16-10-15-29(36)33(30)37)45(43,44)28-13-8-5-9-14-28/h4-20,24,31H,3,21-23H2,1-2H3,(H,38,42)/t24-,31+/m0/s1. The summed E-state index contributed by atoms with van der Waals surface area (Å²) in [5.74, 6) is -0.925. The van der Waals surface area contributed by atoms with Crippen LogP contribution in [0.5, 0.6) is 0 Å². The molecule has 4 aromatic carbocycles. The Bertz CT molecular complexity index is 1710. The largest absolute Gasteiger partial charge is 0.352 e. The third kappa shape index (κ3) is 8.88. The highest BCUT2D eigenvalue weighted by Gasteiger charge is 2.35. The average molecular weight is 732 g/mol. The molecule has 0 aliphatic rings. The van der Waals surface area contributed by atoms with Crippen LogP contribution in [0, 0.1) is 0 Å². The third-order valence-corrected chi connectivity index (χ3v) is 10.5. The van der Waals surface area contributed by atoms with Gasteiger partial charge in [-0.1, -0.05) is 113 Å². The molecule has 4 rings (SSSR count). The maximum absolute atomic E-state index is 14.5. The first-order chi connectivity index (χ1) is 21.5. The summed E-state index contributed by atoms with van der Waals surface area (Å²) in [4.78, 5) is 29.8. The van der Waals surface area contributed by atoms with Gasteiger partial charge in [-0.05, 0) is 60.9 Å². The third-order valence-electron chi connectivity index (χ3n) is 7.35. The number of nitrogens with zero attached hydrogens (tertiary/aromatic N) is 2. The van der Waals surface area contributed by atoms with E-state index in [1.54, 1.807) is 24.3 Å². The Balaban J connectivity index is 1.83. The number of hydrogen-bond donors (Lipinski definition) is 1. The van der Waals surface area contributed by atoms with Crippen molar-refractivity contribution in [2.45, 2.75) is 50.2 Å². The Morgan fingerprint density at radius 3 is 2.09 bits per heavy atom. The zero-order chi connectivity index (χ0) is 32.6. The number of amides is 2. The smallest absolute Gasteiger partial charge is 0.264 e. The van der Waals surface area contributed by atoms with E-state index in [0.29, 0.717) is 6.42 Å². The van der Waals surface area contributed by atoms with Crippen LogP contribution in [0.15, 0.2) is 112 Å². The van der Waals surface area contributed by atoms with Crippen LogP contribution in [-0.4, -0.2) is 43.8 Å². The van der Waals surface area contributed by atoms with Crippen LogP contribution in [0.1, 0.15) is 31.4 Å². The van der Waals surface area contributed by atoms with Gasteiger partial charge in [0.05, 0.1) is 20.6 Å². The fraction of sp³-hybridized carbons (Fsp3) is 0.235. The summed E-state index contributed by atoms with van der Waals surface area (Å²) < 4.78 is 30.0. The number of nitrogens with one attached hydrogen (secondary N) is 1. The summed E-state index contributed by atoms with van der Waals surface area (Å²) in [5.41, 5.74) is 1.66. The molecule has 4 aromatic rings. The summed E-state index contributed by atoms with van der Waals surface area (Å²) in [6.07, 6.45) is 0.912. The van der Waals surface area contributed by atoms with Crippen molar-refractivity contribution in [3.8, 4) is 0 Å². The molecule has 0 aromatic heterocycles. The molecular weight excluding hydrogens is 697 g/mol. The van der Waals surface area contributed by atoms with Gasteiger partial charge in [0.2, 0.25) is 11.8 Å². The highest BCUT2D eigenvalue weighted by Crippen LogP contribution is 2.35. The van der Waals surface area contributed by atoms with Gasteiger partial charge in [-0.25, -0.2) is 8.42 Å². The number of halogens is 3. The van der Waals surface area contributed by atoms with Crippen LogP contribution < -0.4 is 9.62 Å². The monoisotopic (exact) mass is 729 g/mol. The summed E-state index contributed by atoms with van der Waals surface area (Å²) in [6, 6.07) is 28.1. The number of sulfonamides is 1. The predicted octanol–water partition coefficient (Wildman–Crippen LogP) is 7.51. The topological polar surface area (TPSA) is 86.8 Å².